The zero-order valence-corrected chi connectivity index (χ0v) is 14.6. The number of hydrogen-bond donors (Lipinski definition) is 2. The number of fused-ring (bicyclic) bond motifs is 3. The molecule has 2 aromatic rings. The number of carboxylic acid groups (broad SMARTS) is 1. The van der Waals surface area contributed by atoms with E-state index in [0.717, 1.165) is 17.7 Å². The van der Waals surface area contributed by atoms with Crippen molar-refractivity contribution in [3.63, 3.8) is 0 Å². The molecule has 0 radical (unpaired) electrons. The third-order valence-corrected chi connectivity index (χ3v) is 5.57. The summed E-state index contributed by atoms with van der Waals surface area (Å²) in [4.78, 5) is 11.3. The molecule has 1 aliphatic heterocycles. The summed E-state index contributed by atoms with van der Waals surface area (Å²) in [5, 5.41) is 13.0. The van der Waals surface area contributed by atoms with Crippen LogP contribution in [0.5, 0.6) is 0 Å². The summed E-state index contributed by atoms with van der Waals surface area (Å²) in [6.45, 7) is 4.42. The number of hydrogen-bond acceptors (Lipinski definition) is 2. The highest BCUT2D eigenvalue weighted by atomic mass is 16.4. The van der Waals surface area contributed by atoms with Crippen molar-refractivity contribution in [1.82, 2.24) is 0 Å². The van der Waals surface area contributed by atoms with Gasteiger partial charge < -0.3 is 10.4 Å². The van der Waals surface area contributed by atoms with Crippen LogP contribution in [0.4, 0.5) is 5.69 Å². The minimum Gasteiger partial charge on any atom is -0.478 e. The Morgan fingerprint density at radius 2 is 1.92 bits per heavy atom. The van der Waals surface area contributed by atoms with Gasteiger partial charge in [-0.15, -0.1) is 0 Å². The number of nitrogens with one attached hydrogen (secondary N) is 1. The largest absolute Gasteiger partial charge is 0.478 e. The second-order valence-corrected chi connectivity index (χ2v) is 7.40. The number of anilines is 1. The highest BCUT2D eigenvalue weighted by Gasteiger charge is 2.38. The molecule has 0 amide bonds. The molecular formula is C22H23NO2. The lowest BCUT2D eigenvalue weighted by Crippen LogP contribution is -2.29. The number of rotatable bonds is 3. The average Bonchev–Trinajstić information content (AvgIpc) is 3.10. The Balaban J connectivity index is 1.71. The molecule has 2 aliphatic rings. The number of carboxylic acids is 1. The van der Waals surface area contributed by atoms with Gasteiger partial charge in [-0.3, -0.25) is 0 Å². The van der Waals surface area contributed by atoms with Gasteiger partial charge in [-0.2, -0.15) is 0 Å². The van der Waals surface area contributed by atoms with Gasteiger partial charge in [0.1, 0.15) is 0 Å². The molecule has 0 unspecified atom stereocenters. The maximum absolute atomic E-state index is 11.3. The molecule has 3 atom stereocenters. The lowest BCUT2D eigenvalue weighted by molar-refractivity contribution is 0.0696. The Hall–Kier alpha value is -2.55. The molecule has 128 valence electrons. The van der Waals surface area contributed by atoms with Gasteiger partial charge in [-0.1, -0.05) is 50.3 Å². The first-order chi connectivity index (χ1) is 12.0. The lowest BCUT2D eigenvalue weighted by Gasteiger charge is -2.37. The Labute approximate surface area is 148 Å². The van der Waals surface area contributed by atoms with Gasteiger partial charge in [0.25, 0.3) is 0 Å². The van der Waals surface area contributed by atoms with E-state index >= 15 is 0 Å². The van der Waals surface area contributed by atoms with Crippen LogP contribution in [0.1, 0.15) is 65.2 Å². The first-order valence-electron chi connectivity index (χ1n) is 8.95. The second kappa shape index (κ2) is 6.07. The van der Waals surface area contributed by atoms with Crippen molar-refractivity contribution in [1.29, 1.82) is 0 Å². The number of benzene rings is 2. The predicted molar refractivity (Wildman–Crippen MR) is 100 cm³/mol. The van der Waals surface area contributed by atoms with Gasteiger partial charge in [0.2, 0.25) is 0 Å². The molecule has 2 aromatic carbocycles. The third kappa shape index (κ3) is 2.74. The van der Waals surface area contributed by atoms with Crippen molar-refractivity contribution >= 4 is 11.7 Å². The Morgan fingerprint density at radius 3 is 2.60 bits per heavy atom. The smallest absolute Gasteiger partial charge is 0.335 e. The van der Waals surface area contributed by atoms with E-state index in [1.807, 2.05) is 12.1 Å². The number of carbonyl (C=O) groups is 1. The molecule has 1 aliphatic carbocycles. The Bertz CT molecular complexity index is 836. The van der Waals surface area contributed by atoms with Crippen LogP contribution >= 0.6 is 0 Å². The highest BCUT2D eigenvalue weighted by Crippen LogP contribution is 2.50. The average molecular weight is 333 g/mol. The van der Waals surface area contributed by atoms with E-state index in [0.29, 0.717) is 17.4 Å². The quantitative estimate of drug-likeness (QED) is 0.746. The molecule has 0 saturated carbocycles. The normalized spacial score (nSPS) is 23.9. The van der Waals surface area contributed by atoms with E-state index in [2.05, 4.69) is 55.6 Å². The van der Waals surface area contributed by atoms with Crippen LogP contribution in [-0.2, 0) is 0 Å². The van der Waals surface area contributed by atoms with Gasteiger partial charge in [-0.25, -0.2) is 4.79 Å². The molecule has 0 bridgehead atoms. The van der Waals surface area contributed by atoms with Gasteiger partial charge in [-0.05, 0) is 53.1 Å². The predicted octanol–water partition coefficient (Wildman–Crippen LogP) is 5.33. The van der Waals surface area contributed by atoms with Crippen molar-refractivity contribution in [2.24, 2.45) is 5.92 Å². The summed E-state index contributed by atoms with van der Waals surface area (Å²) in [7, 11) is 0. The zero-order chi connectivity index (χ0) is 17.6. The summed E-state index contributed by atoms with van der Waals surface area (Å²) >= 11 is 0. The number of allylic oxidation sites excluding steroid dienone is 2. The van der Waals surface area contributed by atoms with E-state index in [9.17, 15) is 9.90 Å². The molecule has 0 fully saturated rings. The molecule has 1 heterocycles. The third-order valence-electron chi connectivity index (χ3n) is 5.57. The van der Waals surface area contributed by atoms with E-state index in [1.165, 1.54) is 11.1 Å². The summed E-state index contributed by atoms with van der Waals surface area (Å²) in [5.41, 5.74) is 5.17. The van der Waals surface area contributed by atoms with E-state index in [1.54, 1.807) is 6.07 Å². The Kier molecular flexibility index (Phi) is 3.87. The maximum Gasteiger partial charge on any atom is 0.335 e. The molecule has 3 heteroatoms. The van der Waals surface area contributed by atoms with Crippen LogP contribution in [0.3, 0.4) is 0 Å². The topological polar surface area (TPSA) is 49.3 Å². The molecule has 4 rings (SSSR count). The van der Waals surface area contributed by atoms with Crippen molar-refractivity contribution < 1.29 is 9.90 Å². The molecule has 2 N–H and O–H groups in total. The molecule has 0 saturated heterocycles. The van der Waals surface area contributed by atoms with Crippen LogP contribution in [0.15, 0.2) is 54.6 Å². The van der Waals surface area contributed by atoms with Gasteiger partial charge in [0.15, 0.2) is 0 Å². The molecule has 25 heavy (non-hydrogen) atoms. The molecule has 0 spiro atoms. The fraction of sp³-hybridized carbons (Fsp3) is 0.318. The minimum absolute atomic E-state index is 0.254. The van der Waals surface area contributed by atoms with Crippen LogP contribution < -0.4 is 5.32 Å². The summed E-state index contributed by atoms with van der Waals surface area (Å²) < 4.78 is 0. The molecular weight excluding hydrogens is 310 g/mol. The summed E-state index contributed by atoms with van der Waals surface area (Å²) in [6.07, 6.45) is 5.49. The Morgan fingerprint density at radius 1 is 1.16 bits per heavy atom. The van der Waals surface area contributed by atoms with Crippen LogP contribution in [0, 0.1) is 5.92 Å². The first kappa shape index (κ1) is 15.9. The van der Waals surface area contributed by atoms with Crippen molar-refractivity contribution in [2.75, 3.05) is 5.32 Å². The monoisotopic (exact) mass is 333 g/mol. The van der Waals surface area contributed by atoms with Crippen LogP contribution in [0.2, 0.25) is 0 Å². The molecule has 3 nitrogen and oxygen atoms in total. The minimum atomic E-state index is -0.868. The van der Waals surface area contributed by atoms with Crippen molar-refractivity contribution in [2.45, 2.75) is 38.1 Å². The van der Waals surface area contributed by atoms with Crippen molar-refractivity contribution in [3.05, 3.63) is 76.9 Å². The highest BCUT2D eigenvalue weighted by molar-refractivity contribution is 5.89. The lowest BCUT2D eigenvalue weighted by atomic mass is 9.76. The standard InChI is InChI=1S/C22H23NO2/c1-13(2)14-6-8-15(9-7-14)21-18-5-3-4-17(18)19-12-16(22(24)25)10-11-20(19)23-21/h3-4,6-13,17-18,21,23H,5H2,1-2H3,(H,24,25)/t17-,18-,21+/m1/s1. The van der Waals surface area contributed by atoms with E-state index < -0.39 is 5.97 Å². The molecule has 0 aromatic heterocycles. The fourth-order valence-corrected chi connectivity index (χ4v) is 4.15. The van der Waals surface area contributed by atoms with Gasteiger partial charge in [0, 0.05) is 11.6 Å². The van der Waals surface area contributed by atoms with E-state index in [-0.39, 0.29) is 12.0 Å². The fourth-order valence-electron chi connectivity index (χ4n) is 4.15. The maximum atomic E-state index is 11.3. The van der Waals surface area contributed by atoms with Gasteiger partial charge >= 0.3 is 5.97 Å². The first-order valence-corrected chi connectivity index (χ1v) is 8.95. The second-order valence-electron chi connectivity index (χ2n) is 7.40. The van der Waals surface area contributed by atoms with Crippen LogP contribution in [-0.4, -0.2) is 11.1 Å². The van der Waals surface area contributed by atoms with Gasteiger partial charge in [0.05, 0.1) is 11.6 Å². The van der Waals surface area contributed by atoms with E-state index in [4.69, 9.17) is 0 Å². The number of aromatic carboxylic acids is 1. The SMILES string of the molecule is CC(C)c1ccc([C@@H]2Nc3ccc(C(=O)O)cc3[C@@H]3C=CC[C@H]32)cc1. The van der Waals surface area contributed by atoms with Crippen molar-refractivity contribution in [3.8, 4) is 0 Å². The summed E-state index contributed by atoms with van der Waals surface area (Å²) in [5.74, 6) is 0.379. The van der Waals surface area contributed by atoms with Crippen LogP contribution in [0.25, 0.3) is 0 Å². The summed E-state index contributed by atoms with van der Waals surface area (Å²) in [6, 6.07) is 14.6. The zero-order valence-electron chi connectivity index (χ0n) is 14.6.